The smallest absolute Gasteiger partial charge is 0.407 e. The average Bonchev–Trinajstić information content (AvgIpc) is 3.09. The van der Waals surface area contributed by atoms with E-state index in [1.165, 1.54) is 17.3 Å². The molecule has 0 aromatic carbocycles. The normalized spacial score (nSPS) is 14.3. The summed E-state index contributed by atoms with van der Waals surface area (Å²) in [4.78, 5) is 44.1. The van der Waals surface area contributed by atoms with E-state index in [2.05, 4.69) is 25.3 Å². The third-order valence-corrected chi connectivity index (χ3v) is 4.71. The topological polar surface area (TPSA) is 129 Å². The number of aryl methyl sites for hydroxylation is 2. The first-order chi connectivity index (χ1) is 13.9. The van der Waals surface area contributed by atoms with Crippen molar-refractivity contribution in [2.45, 2.75) is 13.8 Å². The van der Waals surface area contributed by atoms with E-state index >= 15 is 0 Å². The van der Waals surface area contributed by atoms with Gasteiger partial charge < -0.3 is 24.6 Å². The minimum Gasteiger partial charge on any atom is -0.465 e. The zero-order chi connectivity index (χ0) is 20.5. The minimum absolute atomic E-state index is 0.166. The highest BCUT2D eigenvalue weighted by Crippen LogP contribution is 2.15. The average molecular weight is 396 g/mol. The highest BCUT2D eigenvalue weighted by molar-refractivity contribution is 6.02. The number of nitrogens with zero attached hydrogens (tertiary/aromatic N) is 7. The molecule has 3 aromatic heterocycles. The summed E-state index contributed by atoms with van der Waals surface area (Å²) in [7, 11) is 0. The van der Waals surface area contributed by atoms with Gasteiger partial charge in [-0.25, -0.2) is 24.7 Å². The molecule has 1 aliphatic rings. The first-order valence-corrected chi connectivity index (χ1v) is 9.10. The number of carboxylic acid groups (broad SMARTS) is 1. The fraction of sp³-hybridized carbons (Fsp3) is 0.333. The molecule has 0 atom stereocenters. The van der Waals surface area contributed by atoms with Gasteiger partial charge in [-0.3, -0.25) is 4.79 Å². The first kappa shape index (κ1) is 18.6. The SMILES string of the molecule is Cc1cn2cc(NC(=O)c3cnc(N4CCN(C(=O)O)CC4)cn3)nc(C)c2n1. The molecule has 0 spiro atoms. The van der Waals surface area contributed by atoms with Gasteiger partial charge in [0.05, 0.1) is 30.0 Å². The quantitative estimate of drug-likeness (QED) is 0.675. The molecule has 1 aliphatic heterocycles. The fourth-order valence-electron chi connectivity index (χ4n) is 3.24. The number of hydrogen-bond donors (Lipinski definition) is 2. The molecule has 4 rings (SSSR count). The van der Waals surface area contributed by atoms with Crippen molar-refractivity contribution in [3.05, 3.63) is 41.9 Å². The number of anilines is 2. The van der Waals surface area contributed by atoms with Crippen LogP contribution in [0.4, 0.5) is 16.4 Å². The molecule has 29 heavy (non-hydrogen) atoms. The number of imidazole rings is 1. The summed E-state index contributed by atoms with van der Waals surface area (Å²) in [6, 6.07) is 0. The van der Waals surface area contributed by atoms with Crippen molar-refractivity contribution in [3.8, 4) is 0 Å². The van der Waals surface area contributed by atoms with Gasteiger partial charge in [0.2, 0.25) is 0 Å². The van der Waals surface area contributed by atoms with Gasteiger partial charge in [-0.15, -0.1) is 0 Å². The molecule has 1 fully saturated rings. The maximum absolute atomic E-state index is 12.5. The second-order valence-corrected chi connectivity index (χ2v) is 6.80. The summed E-state index contributed by atoms with van der Waals surface area (Å²) in [6.07, 6.45) is 5.56. The van der Waals surface area contributed by atoms with Crippen molar-refractivity contribution < 1.29 is 14.7 Å². The van der Waals surface area contributed by atoms with Crippen molar-refractivity contribution >= 4 is 29.3 Å². The van der Waals surface area contributed by atoms with E-state index in [1.807, 2.05) is 29.3 Å². The van der Waals surface area contributed by atoms with Gasteiger partial charge in [-0.1, -0.05) is 0 Å². The zero-order valence-corrected chi connectivity index (χ0v) is 16.0. The summed E-state index contributed by atoms with van der Waals surface area (Å²) >= 11 is 0. The van der Waals surface area contributed by atoms with Gasteiger partial charge in [-0.2, -0.15) is 0 Å². The Morgan fingerprint density at radius 3 is 2.45 bits per heavy atom. The lowest BCUT2D eigenvalue weighted by Gasteiger charge is -2.33. The van der Waals surface area contributed by atoms with E-state index in [4.69, 9.17) is 5.11 Å². The largest absolute Gasteiger partial charge is 0.465 e. The predicted octanol–water partition coefficient (Wildman–Crippen LogP) is 1.19. The van der Waals surface area contributed by atoms with Crippen LogP contribution in [-0.2, 0) is 0 Å². The maximum atomic E-state index is 12.5. The number of piperazine rings is 1. The molecule has 150 valence electrons. The predicted molar refractivity (Wildman–Crippen MR) is 104 cm³/mol. The molecule has 0 saturated carbocycles. The van der Waals surface area contributed by atoms with Gasteiger partial charge in [0, 0.05) is 32.4 Å². The van der Waals surface area contributed by atoms with Gasteiger partial charge in [0.1, 0.15) is 17.3 Å². The second-order valence-electron chi connectivity index (χ2n) is 6.80. The Hall–Kier alpha value is -3.76. The Morgan fingerprint density at radius 1 is 1.03 bits per heavy atom. The highest BCUT2D eigenvalue weighted by atomic mass is 16.4. The Morgan fingerprint density at radius 2 is 1.79 bits per heavy atom. The second kappa shape index (κ2) is 7.34. The lowest BCUT2D eigenvalue weighted by molar-refractivity contribution is 0.102. The Labute approximate surface area is 166 Å². The van der Waals surface area contributed by atoms with E-state index in [0.717, 1.165) is 11.3 Å². The summed E-state index contributed by atoms with van der Waals surface area (Å²) in [6.45, 7) is 5.58. The maximum Gasteiger partial charge on any atom is 0.407 e. The van der Waals surface area contributed by atoms with Crippen LogP contribution in [0.5, 0.6) is 0 Å². The number of aromatic nitrogens is 5. The van der Waals surface area contributed by atoms with Gasteiger partial charge in [0.25, 0.3) is 5.91 Å². The fourth-order valence-corrected chi connectivity index (χ4v) is 3.24. The Balaban J connectivity index is 1.44. The van der Waals surface area contributed by atoms with E-state index in [9.17, 15) is 9.59 Å². The molecular formula is C18H20N8O3. The number of nitrogens with one attached hydrogen (secondary N) is 1. The first-order valence-electron chi connectivity index (χ1n) is 9.10. The van der Waals surface area contributed by atoms with Crippen LogP contribution >= 0.6 is 0 Å². The van der Waals surface area contributed by atoms with Crippen LogP contribution in [0.2, 0.25) is 0 Å². The van der Waals surface area contributed by atoms with Crippen molar-refractivity contribution in [1.29, 1.82) is 0 Å². The number of carbonyl (C=O) groups excluding carboxylic acids is 1. The molecule has 0 unspecified atom stereocenters. The van der Waals surface area contributed by atoms with E-state index in [1.54, 1.807) is 6.20 Å². The molecule has 11 nitrogen and oxygen atoms in total. The molecule has 4 heterocycles. The molecule has 0 aliphatic carbocycles. The minimum atomic E-state index is -0.921. The number of rotatable bonds is 3. The lowest BCUT2D eigenvalue weighted by atomic mass is 10.3. The van der Waals surface area contributed by atoms with Crippen molar-refractivity contribution in [3.63, 3.8) is 0 Å². The molecule has 11 heteroatoms. The van der Waals surface area contributed by atoms with Crippen LogP contribution in [0.1, 0.15) is 21.9 Å². The number of hydrogen-bond acceptors (Lipinski definition) is 7. The molecule has 2 amide bonds. The highest BCUT2D eigenvalue weighted by Gasteiger charge is 2.21. The van der Waals surface area contributed by atoms with Gasteiger partial charge in [-0.05, 0) is 13.8 Å². The van der Waals surface area contributed by atoms with Crippen LogP contribution in [-0.4, -0.2) is 72.5 Å². The number of carbonyl (C=O) groups is 2. The molecule has 3 aromatic rings. The molecule has 0 bridgehead atoms. The van der Waals surface area contributed by atoms with Gasteiger partial charge in [0.15, 0.2) is 5.65 Å². The molecular weight excluding hydrogens is 376 g/mol. The number of fused-ring (bicyclic) bond motifs is 1. The third kappa shape index (κ3) is 3.79. The summed E-state index contributed by atoms with van der Waals surface area (Å²) in [5.41, 5.74) is 2.48. The van der Waals surface area contributed by atoms with Crippen LogP contribution in [0.25, 0.3) is 5.65 Å². The summed E-state index contributed by atoms with van der Waals surface area (Å²) in [5, 5.41) is 11.7. The number of amides is 2. The summed E-state index contributed by atoms with van der Waals surface area (Å²) < 4.78 is 1.82. The van der Waals surface area contributed by atoms with E-state index in [-0.39, 0.29) is 5.69 Å². The molecule has 2 N–H and O–H groups in total. The Kier molecular flexibility index (Phi) is 4.71. The summed E-state index contributed by atoms with van der Waals surface area (Å²) in [5.74, 6) is 0.590. The van der Waals surface area contributed by atoms with Crippen molar-refractivity contribution in [1.82, 2.24) is 29.2 Å². The van der Waals surface area contributed by atoms with Crippen molar-refractivity contribution in [2.75, 3.05) is 36.4 Å². The molecule has 0 radical (unpaired) electrons. The lowest BCUT2D eigenvalue weighted by Crippen LogP contribution is -2.48. The van der Waals surface area contributed by atoms with E-state index in [0.29, 0.717) is 43.5 Å². The standard InChI is InChI=1S/C18H20N8O3/c1-11-9-26-10-14(22-12(2)16(26)21-11)23-17(27)13-7-20-15(8-19-13)24-3-5-25(6-4-24)18(28)29/h7-10H,3-6H2,1-2H3,(H,23,27)(H,28,29). The Bertz CT molecular complexity index is 1070. The zero-order valence-electron chi connectivity index (χ0n) is 16.0. The van der Waals surface area contributed by atoms with Crippen molar-refractivity contribution in [2.24, 2.45) is 0 Å². The van der Waals surface area contributed by atoms with E-state index < -0.39 is 12.0 Å². The van der Waals surface area contributed by atoms with Crippen LogP contribution < -0.4 is 10.2 Å². The molecule has 1 saturated heterocycles. The van der Waals surface area contributed by atoms with Crippen LogP contribution in [0, 0.1) is 13.8 Å². The van der Waals surface area contributed by atoms with Crippen LogP contribution in [0.15, 0.2) is 24.8 Å². The third-order valence-electron chi connectivity index (χ3n) is 4.71. The monoisotopic (exact) mass is 396 g/mol. The van der Waals surface area contributed by atoms with Crippen LogP contribution in [0.3, 0.4) is 0 Å². The van der Waals surface area contributed by atoms with Gasteiger partial charge >= 0.3 is 6.09 Å².